The standard InChI is InChI=1S/C12H22N.ClH3O4/c1-2-3-7-13-9-11-5-4-6-12(8-11)10-13;2-1(3,4)5/h9,11-12H,2-8,10H2,1H3;2-4H/q+1;. The molecule has 2 aliphatic rings. The van der Waals surface area contributed by atoms with Gasteiger partial charge in [0.2, 0.25) is 0 Å². The maximum absolute atomic E-state index is 8.83. The predicted molar refractivity (Wildman–Crippen MR) is 63.1 cm³/mol. The van der Waals surface area contributed by atoms with E-state index in [0.717, 1.165) is 11.8 Å². The summed E-state index contributed by atoms with van der Waals surface area (Å²) in [6.45, 7) is 4.95. The SMILES string of the molecule is CCCC[N+]1=CC2CCCC(C2)C1.[O-][Cl+](O)(O)O. The summed E-state index contributed by atoms with van der Waals surface area (Å²) < 4.78 is 32.8. The number of fused-ring (bicyclic) bond motifs is 2. The number of hydrogen-bond acceptors (Lipinski definition) is 4. The van der Waals surface area contributed by atoms with Crippen LogP contribution >= 0.6 is 0 Å². The first-order valence-electron chi connectivity index (χ1n) is 6.63. The molecule has 2 bridgehead atoms. The molecule has 108 valence electrons. The molecule has 1 heterocycles. The van der Waals surface area contributed by atoms with E-state index in [1.165, 1.54) is 51.6 Å². The molecule has 5 nitrogen and oxygen atoms in total. The number of hydrogen-bond donors (Lipinski definition) is 3. The first-order valence-corrected chi connectivity index (χ1v) is 7.96. The van der Waals surface area contributed by atoms with Crippen LogP contribution in [0.15, 0.2) is 0 Å². The normalized spacial score (nSPS) is 27.9. The second-order valence-electron chi connectivity index (χ2n) is 5.22. The zero-order valence-corrected chi connectivity index (χ0v) is 11.7. The fourth-order valence-corrected chi connectivity index (χ4v) is 2.85. The molecule has 1 aliphatic carbocycles. The Balaban J connectivity index is 0.000000280. The third-order valence-electron chi connectivity index (χ3n) is 3.54. The van der Waals surface area contributed by atoms with Gasteiger partial charge in [0.25, 0.3) is 0 Å². The van der Waals surface area contributed by atoms with Crippen LogP contribution in [0.5, 0.6) is 0 Å². The summed E-state index contributed by atoms with van der Waals surface area (Å²) >= 11 is 0. The second-order valence-corrected chi connectivity index (χ2v) is 6.09. The molecule has 0 amide bonds. The summed E-state index contributed by atoms with van der Waals surface area (Å²) in [5.41, 5.74) is 0. The minimum absolute atomic E-state index is 0.935. The van der Waals surface area contributed by atoms with Gasteiger partial charge in [-0.1, -0.05) is 19.8 Å². The fourth-order valence-electron chi connectivity index (χ4n) is 2.85. The molecule has 2 atom stereocenters. The zero-order chi connectivity index (χ0) is 13.6. The Labute approximate surface area is 110 Å². The molecule has 2 rings (SSSR count). The van der Waals surface area contributed by atoms with Gasteiger partial charge in [0.1, 0.15) is 19.3 Å². The van der Waals surface area contributed by atoms with Crippen molar-refractivity contribution in [2.75, 3.05) is 13.1 Å². The topological polar surface area (TPSA) is 86.8 Å². The molecule has 0 aromatic heterocycles. The summed E-state index contributed by atoms with van der Waals surface area (Å²) in [6.07, 6.45) is 11.2. The van der Waals surface area contributed by atoms with Crippen LogP contribution in [0, 0.1) is 22.1 Å². The molecule has 3 N–H and O–H groups in total. The minimum atomic E-state index is -4.19. The van der Waals surface area contributed by atoms with Gasteiger partial charge >= 0.3 is 28.9 Å². The Hall–Kier alpha value is -0.200. The van der Waals surface area contributed by atoms with E-state index in [-0.39, 0.29) is 0 Å². The predicted octanol–water partition coefficient (Wildman–Crippen LogP) is -0.170. The van der Waals surface area contributed by atoms with E-state index >= 15 is 0 Å². The first kappa shape index (κ1) is 15.9. The molecule has 2 unspecified atom stereocenters. The number of halogens is 1. The summed E-state index contributed by atoms with van der Waals surface area (Å²) in [4.78, 5) is 0. The Morgan fingerprint density at radius 2 is 2.00 bits per heavy atom. The van der Waals surface area contributed by atoms with Crippen LogP contribution in [0.3, 0.4) is 0 Å². The Kier molecular flexibility index (Phi) is 6.52. The molecule has 1 fully saturated rings. The number of nitrogens with zero attached hydrogens (tertiary/aromatic N) is 1. The fraction of sp³-hybridized carbons (Fsp3) is 0.917. The van der Waals surface area contributed by atoms with E-state index in [4.69, 9.17) is 18.6 Å². The quantitative estimate of drug-likeness (QED) is 0.627. The number of rotatable bonds is 3. The van der Waals surface area contributed by atoms with E-state index in [1.807, 2.05) is 0 Å². The van der Waals surface area contributed by atoms with E-state index in [1.54, 1.807) is 0 Å². The van der Waals surface area contributed by atoms with Gasteiger partial charge < -0.3 is 0 Å². The summed E-state index contributed by atoms with van der Waals surface area (Å²) in [6, 6.07) is 0. The van der Waals surface area contributed by atoms with Crippen LogP contribution in [-0.4, -0.2) is 37.9 Å². The average molecular weight is 283 g/mol. The molecule has 1 aliphatic heterocycles. The molecule has 18 heavy (non-hydrogen) atoms. The van der Waals surface area contributed by atoms with Crippen molar-refractivity contribution in [3.05, 3.63) is 0 Å². The van der Waals surface area contributed by atoms with Crippen LogP contribution in [0.2, 0.25) is 0 Å². The average Bonchev–Trinajstić information content (AvgIpc) is 2.23. The van der Waals surface area contributed by atoms with Crippen LogP contribution in [0.4, 0.5) is 0 Å². The van der Waals surface area contributed by atoms with E-state index in [2.05, 4.69) is 17.7 Å². The van der Waals surface area contributed by atoms with Gasteiger partial charge in [-0.2, -0.15) is 0 Å². The van der Waals surface area contributed by atoms with E-state index in [0.29, 0.717) is 0 Å². The molecule has 0 spiro atoms. The van der Waals surface area contributed by atoms with Crippen molar-refractivity contribution in [1.29, 1.82) is 0 Å². The van der Waals surface area contributed by atoms with E-state index < -0.39 is 10.2 Å². The molecule has 6 heteroatoms. The Morgan fingerprint density at radius 1 is 1.33 bits per heavy atom. The van der Waals surface area contributed by atoms with Crippen LogP contribution in [-0.2, 0) is 0 Å². The number of unbranched alkanes of at least 4 members (excludes halogenated alkanes) is 1. The molecule has 0 aromatic carbocycles. The first-order chi connectivity index (χ1) is 8.38. The molecule has 0 radical (unpaired) electrons. The summed E-state index contributed by atoms with van der Waals surface area (Å²) in [5, 5.41) is 0. The van der Waals surface area contributed by atoms with Gasteiger partial charge in [-0.15, -0.1) is 0 Å². The molecule has 1 saturated carbocycles. The van der Waals surface area contributed by atoms with Gasteiger partial charge in [0, 0.05) is 18.3 Å². The van der Waals surface area contributed by atoms with Gasteiger partial charge in [0.05, 0.1) is 0 Å². The van der Waals surface area contributed by atoms with E-state index in [9.17, 15) is 0 Å². The van der Waals surface area contributed by atoms with Crippen molar-refractivity contribution in [1.82, 2.24) is 0 Å². The van der Waals surface area contributed by atoms with Crippen molar-refractivity contribution in [3.63, 3.8) is 0 Å². The van der Waals surface area contributed by atoms with Gasteiger partial charge in [-0.05, 0) is 19.3 Å². The van der Waals surface area contributed by atoms with Crippen molar-refractivity contribution in [2.24, 2.45) is 11.8 Å². The Morgan fingerprint density at radius 3 is 2.56 bits per heavy atom. The molecular formula is C12H25ClNO4+. The third kappa shape index (κ3) is 7.28. The molecule has 0 aromatic rings. The molecule has 0 saturated heterocycles. The van der Waals surface area contributed by atoms with Crippen molar-refractivity contribution >= 4 is 6.21 Å². The Bertz CT molecular complexity index is 272. The van der Waals surface area contributed by atoms with Crippen LogP contribution in [0.25, 0.3) is 0 Å². The van der Waals surface area contributed by atoms with Crippen molar-refractivity contribution in [2.45, 2.75) is 45.4 Å². The zero-order valence-electron chi connectivity index (χ0n) is 11.0. The molecular weight excluding hydrogens is 258 g/mol. The van der Waals surface area contributed by atoms with Crippen LogP contribution < -0.4 is 4.66 Å². The maximum atomic E-state index is 8.83. The third-order valence-corrected chi connectivity index (χ3v) is 3.54. The van der Waals surface area contributed by atoms with Crippen molar-refractivity contribution in [3.8, 4) is 0 Å². The monoisotopic (exact) mass is 282 g/mol. The summed E-state index contributed by atoms with van der Waals surface area (Å²) in [7, 11) is -4.19. The van der Waals surface area contributed by atoms with Gasteiger partial charge in [-0.3, -0.25) is 0 Å². The second kappa shape index (κ2) is 7.40. The van der Waals surface area contributed by atoms with Crippen molar-refractivity contribution < 1.29 is 33.5 Å². The summed E-state index contributed by atoms with van der Waals surface area (Å²) in [5.74, 6) is 1.96. The van der Waals surface area contributed by atoms with Crippen LogP contribution in [0.1, 0.15) is 45.4 Å². The van der Waals surface area contributed by atoms with Gasteiger partial charge in [0.15, 0.2) is 0 Å². The van der Waals surface area contributed by atoms with Gasteiger partial charge in [-0.25, -0.2) is 4.58 Å².